The highest BCUT2D eigenvalue weighted by atomic mass is 14.2. The summed E-state index contributed by atoms with van der Waals surface area (Å²) < 4.78 is 0. The number of allylic oxidation sites excluding steroid dienone is 2. The molecule has 0 N–H and O–H groups in total. The first-order valence-electron chi connectivity index (χ1n) is 3.94. The van der Waals surface area contributed by atoms with Crippen LogP contribution in [-0.2, 0) is 0 Å². The van der Waals surface area contributed by atoms with Crippen molar-refractivity contribution in [3.63, 3.8) is 0 Å². The molecule has 0 aliphatic rings. The molecule has 0 aromatic rings. The Morgan fingerprint density at radius 2 is 2.10 bits per heavy atom. The van der Waals surface area contributed by atoms with Crippen LogP contribution in [0.2, 0.25) is 0 Å². The molecule has 0 radical (unpaired) electrons. The third-order valence-electron chi connectivity index (χ3n) is 1.34. The lowest BCUT2D eigenvalue weighted by Crippen LogP contribution is -1.77. The van der Waals surface area contributed by atoms with Crippen molar-refractivity contribution >= 4 is 0 Å². The number of hydrogen-bond donors (Lipinski definition) is 0. The molecule has 0 aliphatic heterocycles. The maximum absolute atomic E-state index is 8.57. The molecule has 10 heavy (non-hydrogen) atoms. The van der Waals surface area contributed by atoms with Gasteiger partial charge in [-0.25, -0.2) is 0 Å². The maximum atomic E-state index is 8.57. The molecule has 0 atom stereocenters. The number of unbranched alkanes of at least 4 members (excludes halogenated alkanes) is 1. The summed E-state index contributed by atoms with van der Waals surface area (Å²) in [4.78, 5) is 0. The number of hydrogen-bond acceptors (Lipinski definition) is 1. The van der Waals surface area contributed by atoms with Crippen molar-refractivity contribution < 1.29 is 0 Å². The van der Waals surface area contributed by atoms with Crippen molar-refractivity contribution in [2.75, 3.05) is 0 Å². The van der Waals surface area contributed by atoms with Crippen LogP contribution >= 0.6 is 0 Å². The van der Waals surface area contributed by atoms with E-state index in [1.54, 1.807) is 0 Å². The van der Waals surface area contributed by atoms with Crippen LogP contribution < -0.4 is 0 Å². The van der Waals surface area contributed by atoms with Crippen LogP contribution in [0.15, 0.2) is 11.6 Å². The lowest BCUT2D eigenvalue weighted by Gasteiger charge is -1.92. The summed E-state index contributed by atoms with van der Waals surface area (Å²) in [5.41, 5.74) is 0.948. The van der Waals surface area contributed by atoms with E-state index in [4.69, 9.17) is 5.26 Å². The summed E-state index contributed by atoms with van der Waals surface area (Å²) in [6.07, 6.45) is 6.24. The van der Waals surface area contributed by atoms with Crippen molar-refractivity contribution in [1.82, 2.24) is 0 Å². The summed E-state index contributed by atoms with van der Waals surface area (Å²) in [5, 5.41) is 8.57. The van der Waals surface area contributed by atoms with Crippen LogP contribution in [0, 0.1) is 11.3 Å². The van der Waals surface area contributed by atoms with Crippen LogP contribution in [0.5, 0.6) is 0 Å². The van der Waals surface area contributed by atoms with Crippen molar-refractivity contribution in [2.45, 2.75) is 39.5 Å². The van der Waals surface area contributed by atoms with Crippen LogP contribution in [0.25, 0.3) is 0 Å². The first-order chi connectivity index (χ1) is 4.85. The minimum absolute atomic E-state index is 0.941. The fourth-order valence-electron chi connectivity index (χ4n) is 0.792. The van der Waals surface area contributed by atoms with Gasteiger partial charge in [0.1, 0.15) is 0 Å². The molecule has 0 aliphatic carbocycles. The topological polar surface area (TPSA) is 23.8 Å². The Hall–Kier alpha value is -0.770. The molecule has 0 saturated heterocycles. The smallest absolute Gasteiger partial charge is 0.0943 e. The van der Waals surface area contributed by atoms with Gasteiger partial charge in [0, 0.05) is 5.57 Å². The predicted octanol–water partition coefficient (Wildman–Crippen LogP) is 3.04. The Balaban J connectivity index is 3.70. The normalized spacial score (nSPS) is 11.1. The Labute approximate surface area is 63.4 Å². The SMILES string of the molecule is CCCC=C(C#N)CCC. The van der Waals surface area contributed by atoms with Gasteiger partial charge in [-0.1, -0.05) is 32.8 Å². The summed E-state index contributed by atoms with van der Waals surface area (Å²) in [7, 11) is 0. The molecular weight excluding hydrogens is 122 g/mol. The van der Waals surface area contributed by atoms with Gasteiger partial charge in [-0.2, -0.15) is 5.26 Å². The molecule has 1 nitrogen and oxygen atoms in total. The summed E-state index contributed by atoms with van der Waals surface area (Å²) in [5.74, 6) is 0. The molecule has 0 rings (SSSR count). The fraction of sp³-hybridized carbons (Fsp3) is 0.667. The second-order valence-electron chi connectivity index (χ2n) is 2.38. The highest BCUT2D eigenvalue weighted by molar-refractivity contribution is 5.19. The molecule has 0 aromatic heterocycles. The minimum atomic E-state index is 0.941. The first kappa shape index (κ1) is 9.23. The largest absolute Gasteiger partial charge is 0.193 e. The van der Waals surface area contributed by atoms with Crippen molar-refractivity contribution in [3.8, 4) is 6.07 Å². The molecule has 56 valence electrons. The zero-order valence-electron chi connectivity index (χ0n) is 6.85. The maximum Gasteiger partial charge on any atom is 0.0943 e. The average Bonchev–Trinajstić information content (AvgIpc) is 1.98. The summed E-state index contributed by atoms with van der Waals surface area (Å²) in [6, 6.07) is 2.20. The Morgan fingerprint density at radius 3 is 2.50 bits per heavy atom. The van der Waals surface area contributed by atoms with E-state index in [0.29, 0.717) is 0 Å². The van der Waals surface area contributed by atoms with Gasteiger partial charge in [0.2, 0.25) is 0 Å². The lowest BCUT2D eigenvalue weighted by atomic mass is 10.1. The van der Waals surface area contributed by atoms with Gasteiger partial charge in [0.05, 0.1) is 6.07 Å². The van der Waals surface area contributed by atoms with Gasteiger partial charge in [0.25, 0.3) is 0 Å². The third-order valence-corrected chi connectivity index (χ3v) is 1.34. The third kappa shape index (κ3) is 4.14. The van der Waals surface area contributed by atoms with E-state index < -0.39 is 0 Å². The Morgan fingerprint density at radius 1 is 1.40 bits per heavy atom. The van der Waals surface area contributed by atoms with Crippen LogP contribution in [0.3, 0.4) is 0 Å². The van der Waals surface area contributed by atoms with E-state index in [1.165, 1.54) is 0 Å². The highest BCUT2D eigenvalue weighted by Gasteiger charge is 1.90. The molecule has 0 aromatic carbocycles. The molecule has 0 unspecified atom stereocenters. The molecule has 0 fully saturated rings. The van der Waals surface area contributed by atoms with Gasteiger partial charge < -0.3 is 0 Å². The van der Waals surface area contributed by atoms with E-state index >= 15 is 0 Å². The zero-order chi connectivity index (χ0) is 7.82. The molecular formula is C9H15N. The highest BCUT2D eigenvalue weighted by Crippen LogP contribution is 2.04. The molecule has 0 heterocycles. The van der Waals surface area contributed by atoms with E-state index in [-0.39, 0.29) is 0 Å². The van der Waals surface area contributed by atoms with Crippen LogP contribution in [0.4, 0.5) is 0 Å². The molecule has 1 heteroatoms. The Bertz CT molecular complexity index is 139. The number of rotatable bonds is 4. The van der Waals surface area contributed by atoms with Crippen molar-refractivity contribution in [2.24, 2.45) is 0 Å². The van der Waals surface area contributed by atoms with E-state index in [1.807, 2.05) is 6.08 Å². The molecule has 0 amide bonds. The van der Waals surface area contributed by atoms with Crippen molar-refractivity contribution in [3.05, 3.63) is 11.6 Å². The van der Waals surface area contributed by atoms with Gasteiger partial charge in [-0.15, -0.1) is 0 Å². The van der Waals surface area contributed by atoms with E-state index in [0.717, 1.165) is 31.3 Å². The molecule has 0 bridgehead atoms. The first-order valence-corrected chi connectivity index (χ1v) is 3.94. The Kier molecular flexibility index (Phi) is 5.86. The van der Waals surface area contributed by atoms with Gasteiger partial charge in [0.15, 0.2) is 0 Å². The van der Waals surface area contributed by atoms with Gasteiger partial charge >= 0.3 is 0 Å². The quantitative estimate of drug-likeness (QED) is 0.546. The lowest BCUT2D eigenvalue weighted by molar-refractivity contribution is 0.897. The van der Waals surface area contributed by atoms with Crippen LogP contribution in [0.1, 0.15) is 39.5 Å². The van der Waals surface area contributed by atoms with E-state index in [9.17, 15) is 0 Å². The number of nitriles is 1. The summed E-state index contributed by atoms with van der Waals surface area (Å²) in [6.45, 7) is 4.22. The van der Waals surface area contributed by atoms with Gasteiger partial charge in [-0.05, 0) is 12.8 Å². The predicted molar refractivity (Wildman–Crippen MR) is 43.5 cm³/mol. The van der Waals surface area contributed by atoms with Crippen LogP contribution in [-0.4, -0.2) is 0 Å². The molecule has 0 spiro atoms. The van der Waals surface area contributed by atoms with Crippen molar-refractivity contribution in [1.29, 1.82) is 5.26 Å². The second kappa shape index (κ2) is 6.35. The van der Waals surface area contributed by atoms with Gasteiger partial charge in [-0.3, -0.25) is 0 Å². The van der Waals surface area contributed by atoms with E-state index in [2.05, 4.69) is 19.9 Å². The zero-order valence-corrected chi connectivity index (χ0v) is 6.85. The monoisotopic (exact) mass is 137 g/mol. The average molecular weight is 137 g/mol. The standard InChI is InChI=1S/C9H15N/c1-3-5-7-9(8-10)6-4-2/h7H,3-6H2,1-2H3. The summed E-state index contributed by atoms with van der Waals surface area (Å²) >= 11 is 0. The minimum Gasteiger partial charge on any atom is -0.193 e. The molecule has 0 saturated carbocycles. The second-order valence-corrected chi connectivity index (χ2v) is 2.38. The number of nitrogens with zero attached hydrogens (tertiary/aromatic N) is 1. The fourth-order valence-corrected chi connectivity index (χ4v) is 0.792.